The minimum absolute atomic E-state index is 0.303. The third-order valence-corrected chi connectivity index (χ3v) is 4.83. The molecule has 0 spiro atoms. The van der Waals surface area contributed by atoms with Crippen LogP contribution in [0, 0.1) is 12.8 Å². The van der Waals surface area contributed by atoms with Gasteiger partial charge in [0.05, 0.1) is 22.0 Å². The van der Waals surface area contributed by atoms with Crippen LogP contribution in [0.15, 0.2) is 4.47 Å². The van der Waals surface area contributed by atoms with Crippen molar-refractivity contribution in [2.45, 2.75) is 39.8 Å². The number of aliphatic hydroxyl groups excluding tert-OH is 1. The predicted molar refractivity (Wildman–Crippen MR) is 77.6 cm³/mol. The molecule has 0 fully saturated rings. The van der Waals surface area contributed by atoms with Crippen molar-refractivity contribution in [3.8, 4) is 0 Å². The second-order valence-corrected chi connectivity index (χ2v) is 6.07. The number of aliphatic hydroxyl groups is 1. The molecule has 3 nitrogen and oxygen atoms in total. The number of rotatable bonds is 6. The molecule has 0 bridgehead atoms. The highest BCUT2D eigenvalue weighted by atomic mass is 79.9. The first-order chi connectivity index (χ1) is 8.01. The average molecular weight is 321 g/mol. The number of aromatic nitrogens is 2. The first-order valence-electron chi connectivity index (χ1n) is 5.90. The van der Waals surface area contributed by atoms with Gasteiger partial charge in [0, 0.05) is 13.0 Å². The number of nitrogens with zero attached hydrogens (tertiary/aromatic N) is 2. The zero-order chi connectivity index (χ0) is 13.0. The maximum atomic E-state index is 10.2. The largest absolute Gasteiger partial charge is 0.392 e. The highest BCUT2D eigenvalue weighted by Crippen LogP contribution is 2.24. The lowest BCUT2D eigenvalue weighted by molar-refractivity contribution is 0.125. The molecule has 0 aromatic carbocycles. The van der Waals surface area contributed by atoms with Gasteiger partial charge in [-0.15, -0.1) is 0 Å². The lowest BCUT2D eigenvalue weighted by atomic mass is 10.0. The van der Waals surface area contributed by atoms with Crippen LogP contribution >= 0.6 is 27.7 Å². The summed E-state index contributed by atoms with van der Waals surface area (Å²) in [5, 5.41) is 14.6. The summed E-state index contributed by atoms with van der Waals surface area (Å²) in [5.41, 5.74) is 2.09. The zero-order valence-electron chi connectivity index (χ0n) is 10.9. The fraction of sp³-hybridized carbons (Fsp3) is 0.750. The maximum absolute atomic E-state index is 10.2. The maximum Gasteiger partial charge on any atom is 0.0738 e. The van der Waals surface area contributed by atoms with E-state index in [0.29, 0.717) is 12.3 Å². The smallest absolute Gasteiger partial charge is 0.0738 e. The van der Waals surface area contributed by atoms with Crippen LogP contribution in [0.25, 0.3) is 0 Å². The van der Waals surface area contributed by atoms with E-state index in [4.69, 9.17) is 0 Å². The Bertz CT molecular complexity index is 368. The fourth-order valence-electron chi connectivity index (χ4n) is 1.84. The van der Waals surface area contributed by atoms with Crippen molar-refractivity contribution in [3.63, 3.8) is 0 Å². The van der Waals surface area contributed by atoms with Crippen LogP contribution in [0.4, 0.5) is 0 Å². The lowest BCUT2D eigenvalue weighted by Gasteiger charge is -2.18. The topological polar surface area (TPSA) is 38.0 Å². The van der Waals surface area contributed by atoms with Crippen molar-refractivity contribution in [3.05, 3.63) is 15.9 Å². The summed E-state index contributed by atoms with van der Waals surface area (Å²) in [7, 11) is 0. The second kappa shape index (κ2) is 6.81. The van der Waals surface area contributed by atoms with Gasteiger partial charge in [-0.25, -0.2) is 0 Å². The first kappa shape index (κ1) is 15.1. The van der Waals surface area contributed by atoms with Crippen LogP contribution in [0.1, 0.15) is 25.2 Å². The van der Waals surface area contributed by atoms with E-state index in [0.717, 1.165) is 28.2 Å². The molecule has 17 heavy (non-hydrogen) atoms. The highest BCUT2D eigenvalue weighted by molar-refractivity contribution is 9.10. The van der Waals surface area contributed by atoms with Gasteiger partial charge in [0.1, 0.15) is 0 Å². The van der Waals surface area contributed by atoms with Gasteiger partial charge >= 0.3 is 0 Å². The Balaban J connectivity index is 2.80. The number of aryl methyl sites for hydroxylation is 2. The Morgan fingerprint density at radius 3 is 2.71 bits per heavy atom. The van der Waals surface area contributed by atoms with Crippen LogP contribution in [0.3, 0.4) is 0 Å². The van der Waals surface area contributed by atoms with Crippen LogP contribution in [0.5, 0.6) is 0 Å². The zero-order valence-corrected chi connectivity index (χ0v) is 13.3. The van der Waals surface area contributed by atoms with E-state index >= 15 is 0 Å². The summed E-state index contributed by atoms with van der Waals surface area (Å²) in [6, 6.07) is 0. The quantitative estimate of drug-likeness (QED) is 0.875. The number of halogens is 1. The van der Waals surface area contributed by atoms with E-state index in [1.807, 2.05) is 11.6 Å². The van der Waals surface area contributed by atoms with Gasteiger partial charge in [0.25, 0.3) is 0 Å². The standard InChI is InChI=1S/C12H21BrN2OS/c1-5-15-10(12(13)9(3)14-15)6-11(16)8(2)7-17-4/h8,11,16H,5-7H2,1-4H3. The SMILES string of the molecule is CCn1nc(C)c(Br)c1CC(O)C(C)CSC. The number of hydrogen-bond acceptors (Lipinski definition) is 3. The van der Waals surface area contributed by atoms with E-state index in [1.165, 1.54) is 0 Å². The van der Waals surface area contributed by atoms with Crippen molar-refractivity contribution in [2.24, 2.45) is 5.92 Å². The van der Waals surface area contributed by atoms with E-state index in [9.17, 15) is 5.11 Å². The third kappa shape index (κ3) is 3.73. The molecule has 0 aliphatic rings. The van der Waals surface area contributed by atoms with Gasteiger partial charge in [0.15, 0.2) is 0 Å². The molecular formula is C12H21BrN2OS. The van der Waals surface area contributed by atoms with E-state index < -0.39 is 0 Å². The normalized spacial score (nSPS) is 14.9. The van der Waals surface area contributed by atoms with Crippen molar-refractivity contribution in [1.82, 2.24) is 9.78 Å². The van der Waals surface area contributed by atoms with Gasteiger partial charge < -0.3 is 5.11 Å². The molecule has 0 aliphatic heterocycles. The summed E-state index contributed by atoms with van der Waals surface area (Å²) >= 11 is 5.33. The Morgan fingerprint density at radius 2 is 2.18 bits per heavy atom. The lowest BCUT2D eigenvalue weighted by Crippen LogP contribution is -2.24. The van der Waals surface area contributed by atoms with Gasteiger partial charge in [-0.05, 0) is 47.7 Å². The fourth-order valence-corrected chi connectivity index (χ4v) is 3.03. The third-order valence-electron chi connectivity index (χ3n) is 2.94. The van der Waals surface area contributed by atoms with E-state index in [1.54, 1.807) is 11.8 Å². The van der Waals surface area contributed by atoms with Gasteiger partial charge in [-0.1, -0.05) is 6.92 Å². The molecule has 1 N–H and O–H groups in total. The molecule has 2 unspecified atom stereocenters. The van der Waals surface area contributed by atoms with Crippen molar-refractivity contribution < 1.29 is 5.11 Å². The molecule has 1 aromatic rings. The van der Waals surface area contributed by atoms with Crippen molar-refractivity contribution in [1.29, 1.82) is 0 Å². The molecular weight excluding hydrogens is 300 g/mol. The molecule has 0 saturated heterocycles. The summed E-state index contributed by atoms with van der Waals surface area (Å²) in [5.74, 6) is 1.29. The van der Waals surface area contributed by atoms with Crippen molar-refractivity contribution in [2.75, 3.05) is 12.0 Å². The van der Waals surface area contributed by atoms with Crippen LogP contribution in [0.2, 0.25) is 0 Å². The molecule has 0 saturated carbocycles. The van der Waals surface area contributed by atoms with Crippen molar-refractivity contribution >= 4 is 27.7 Å². The van der Waals surface area contributed by atoms with Gasteiger partial charge in [-0.2, -0.15) is 16.9 Å². The summed E-state index contributed by atoms with van der Waals surface area (Å²) in [6.07, 6.45) is 2.43. The summed E-state index contributed by atoms with van der Waals surface area (Å²) in [4.78, 5) is 0. The van der Waals surface area contributed by atoms with Gasteiger partial charge in [-0.3, -0.25) is 4.68 Å². The molecule has 0 radical (unpaired) electrons. The molecule has 1 rings (SSSR count). The summed E-state index contributed by atoms with van der Waals surface area (Å²) in [6.45, 7) is 6.98. The minimum Gasteiger partial charge on any atom is -0.392 e. The van der Waals surface area contributed by atoms with Crippen LogP contribution < -0.4 is 0 Å². The minimum atomic E-state index is -0.305. The molecule has 98 valence electrons. The molecule has 2 atom stereocenters. The molecule has 0 aliphatic carbocycles. The first-order valence-corrected chi connectivity index (χ1v) is 8.08. The molecule has 1 aromatic heterocycles. The Hall–Kier alpha value is -0.0000000000000000555. The number of thioether (sulfide) groups is 1. The summed E-state index contributed by atoms with van der Waals surface area (Å²) < 4.78 is 3.00. The Labute approximate surface area is 116 Å². The molecule has 1 heterocycles. The van der Waals surface area contributed by atoms with Crippen LogP contribution in [-0.4, -0.2) is 33.0 Å². The highest BCUT2D eigenvalue weighted by Gasteiger charge is 2.20. The van der Waals surface area contributed by atoms with E-state index in [-0.39, 0.29) is 6.10 Å². The second-order valence-electron chi connectivity index (χ2n) is 4.37. The Kier molecular flexibility index (Phi) is 6.03. The Morgan fingerprint density at radius 1 is 1.53 bits per heavy atom. The number of hydrogen-bond donors (Lipinski definition) is 1. The molecule has 5 heteroatoms. The van der Waals surface area contributed by atoms with E-state index in [2.05, 4.69) is 41.1 Å². The predicted octanol–water partition coefficient (Wildman–Crippen LogP) is 2.88. The van der Waals surface area contributed by atoms with Gasteiger partial charge in [0.2, 0.25) is 0 Å². The monoisotopic (exact) mass is 320 g/mol. The van der Waals surface area contributed by atoms with Crippen LogP contribution in [-0.2, 0) is 13.0 Å². The average Bonchev–Trinajstić information content (AvgIpc) is 2.57. The molecule has 0 amide bonds.